The van der Waals surface area contributed by atoms with Gasteiger partial charge in [0.2, 0.25) is 0 Å². The van der Waals surface area contributed by atoms with Gasteiger partial charge in [-0.15, -0.1) is 0 Å². The number of aliphatic hydroxyl groups is 1. The van der Waals surface area contributed by atoms with Crippen LogP contribution in [0.3, 0.4) is 0 Å². The molecule has 1 aliphatic carbocycles. The van der Waals surface area contributed by atoms with E-state index in [2.05, 4.69) is 20.5 Å². The molecule has 2 aromatic heterocycles. The molecule has 3 aromatic rings. The van der Waals surface area contributed by atoms with Crippen molar-refractivity contribution in [3.63, 3.8) is 0 Å². The number of fused-ring (bicyclic) bond motifs is 1. The van der Waals surface area contributed by atoms with E-state index in [0.717, 1.165) is 55.9 Å². The summed E-state index contributed by atoms with van der Waals surface area (Å²) in [6.07, 6.45) is 6.05. The van der Waals surface area contributed by atoms with Gasteiger partial charge in [0.05, 0.1) is 17.2 Å². The summed E-state index contributed by atoms with van der Waals surface area (Å²) < 4.78 is 41.4. The molecule has 3 N–H and O–H groups in total. The maximum absolute atomic E-state index is 13.1. The summed E-state index contributed by atoms with van der Waals surface area (Å²) >= 11 is 0. The molecule has 43 heavy (non-hydrogen) atoms. The maximum atomic E-state index is 13.1. The molecule has 1 aromatic carbocycles. The quantitative estimate of drug-likeness (QED) is 0.321. The van der Waals surface area contributed by atoms with Gasteiger partial charge < -0.3 is 20.6 Å². The summed E-state index contributed by atoms with van der Waals surface area (Å²) in [5.74, 6) is 0.0831. The average molecular weight is 599 g/mol. The number of piperidine rings is 2. The summed E-state index contributed by atoms with van der Waals surface area (Å²) in [6.45, 7) is 8.75. The number of alkyl halides is 3. The van der Waals surface area contributed by atoms with Gasteiger partial charge in [0.15, 0.2) is 0 Å². The molecule has 1 amide bonds. The monoisotopic (exact) mass is 598 g/mol. The van der Waals surface area contributed by atoms with Crippen LogP contribution in [-0.4, -0.2) is 63.4 Å². The molecule has 1 spiro atoms. The SMILES string of the molecule is CC(C)(O)c1cc2nn(C3CCN(CCC4CC5(CCNCC5)C4)CC3)cc2cc1NC(=O)c1cccc(C(F)(F)F)n1. The van der Waals surface area contributed by atoms with Crippen LogP contribution in [0.5, 0.6) is 0 Å². The third kappa shape index (κ3) is 6.58. The Hall–Kier alpha value is -3.02. The number of amides is 1. The molecule has 4 heterocycles. The molecule has 2 aliphatic heterocycles. The van der Waals surface area contributed by atoms with E-state index in [9.17, 15) is 23.1 Å². The Morgan fingerprint density at radius 1 is 1.14 bits per heavy atom. The Kier molecular flexibility index (Phi) is 8.02. The molecule has 0 unspecified atom stereocenters. The van der Waals surface area contributed by atoms with E-state index in [-0.39, 0.29) is 11.7 Å². The number of carbonyl (C=O) groups excluding carboxylic acids is 1. The highest BCUT2D eigenvalue weighted by Crippen LogP contribution is 2.52. The second kappa shape index (κ2) is 11.5. The number of likely N-dealkylation sites (tertiary alicyclic amines) is 1. The van der Waals surface area contributed by atoms with Gasteiger partial charge in [0.25, 0.3) is 5.91 Å². The van der Waals surface area contributed by atoms with Crippen LogP contribution in [0, 0.1) is 11.3 Å². The van der Waals surface area contributed by atoms with Crippen molar-refractivity contribution in [1.29, 1.82) is 0 Å². The summed E-state index contributed by atoms with van der Waals surface area (Å²) in [4.78, 5) is 19.0. The fourth-order valence-corrected chi connectivity index (χ4v) is 7.30. The Morgan fingerprint density at radius 3 is 2.53 bits per heavy atom. The third-order valence-corrected chi connectivity index (χ3v) is 9.73. The molecule has 8 nitrogen and oxygen atoms in total. The predicted molar refractivity (Wildman–Crippen MR) is 159 cm³/mol. The summed E-state index contributed by atoms with van der Waals surface area (Å²) in [7, 11) is 0. The van der Waals surface area contributed by atoms with Crippen LogP contribution < -0.4 is 10.6 Å². The Balaban J connectivity index is 1.10. The standard InChI is InChI=1S/C32H41F3N6O2/c1-30(2,43)24-17-26-22(16-27(24)38-29(42)25-4-3-5-28(37-25)32(33,34)35)20-41(39-26)23-7-14-40(15-8-23)13-6-21-18-31(19-21)9-11-36-12-10-31/h3-5,16-17,20-21,23,36,43H,6-15,18-19H2,1-2H3,(H,38,42). The first-order valence-electron chi connectivity index (χ1n) is 15.4. The first-order valence-corrected chi connectivity index (χ1v) is 15.4. The fourth-order valence-electron chi connectivity index (χ4n) is 7.30. The number of carbonyl (C=O) groups is 1. The van der Waals surface area contributed by atoms with Crippen LogP contribution >= 0.6 is 0 Å². The Morgan fingerprint density at radius 2 is 1.86 bits per heavy atom. The van der Waals surface area contributed by atoms with Crippen molar-refractivity contribution in [2.24, 2.45) is 11.3 Å². The van der Waals surface area contributed by atoms with Crippen LogP contribution in [0.4, 0.5) is 18.9 Å². The zero-order valence-corrected chi connectivity index (χ0v) is 24.9. The average Bonchev–Trinajstić information content (AvgIpc) is 3.37. The van der Waals surface area contributed by atoms with Crippen LogP contribution in [0.15, 0.2) is 36.5 Å². The zero-order valence-electron chi connectivity index (χ0n) is 24.9. The Labute approximate surface area is 250 Å². The van der Waals surface area contributed by atoms with Crippen LogP contribution in [0.2, 0.25) is 0 Å². The number of rotatable bonds is 7. The highest BCUT2D eigenvalue weighted by Gasteiger charge is 2.44. The molecule has 0 bridgehead atoms. The smallest absolute Gasteiger partial charge is 0.386 e. The van der Waals surface area contributed by atoms with Crippen molar-refractivity contribution < 1.29 is 23.1 Å². The molecule has 11 heteroatoms. The number of pyridine rings is 1. The van der Waals surface area contributed by atoms with Gasteiger partial charge in [0, 0.05) is 35.9 Å². The number of benzene rings is 1. The normalized spacial score (nSPS) is 20.4. The van der Waals surface area contributed by atoms with Gasteiger partial charge in [-0.3, -0.25) is 9.48 Å². The van der Waals surface area contributed by atoms with E-state index in [1.165, 1.54) is 51.3 Å². The number of hydrogen-bond donors (Lipinski definition) is 3. The van der Waals surface area contributed by atoms with Gasteiger partial charge in [-0.25, -0.2) is 4.98 Å². The number of halogens is 3. The van der Waals surface area contributed by atoms with Gasteiger partial charge >= 0.3 is 6.18 Å². The molecule has 6 rings (SSSR count). The molecule has 0 atom stereocenters. The van der Waals surface area contributed by atoms with Crippen molar-refractivity contribution in [3.8, 4) is 0 Å². The molecular weight excluding hydrogens is 557 g/mol. The lowest BCUT2D eigenvalue weighted by atomic mass is 9.57. The topological polar surface area (TPSA) is 95.3 Å². The first kappa shape index (κ1) is 30.0. The molecule has 1 saturated carbocycles. The number of anilines is 1. The van der Waals surface area contributed by atoms with E-state index in [1.807, 2.05) is 10.9 Å². The van der Waals surface area contributed by atoms with Gasteiger partial charge in [-0.1, -0.05) is 6.07 Å². The summed E-state index contributed by atoms with van der Waals surface area (Å²) in [6, 6.07) is 6.92. The minimum Gasteiger partial charge on any atom is -0.386 e. The van der Waals surface area contributed by atoms with E-state index >= 15 is 0 Å². The van der Waals surface area contributed by atoms with Gasteiger partial charge in [0.1, 0.15) is 11.4 Å². The highest BCUT2D eigenvalue weighted by atomic mass is 19.4. The van der Waals surface area contributed by atoms with Gasteiger partial charge in [-0.2, -0.15) is 18.3 Å². The zero-order chi connectivity index (χ0) is 30.4. The minimum atomic E-state index is -4.66. The Bertz CT molecular complexity index is 1460. The number of hydrogen-bond acceptors (Lipinski definition) is 6. The molecule has 232 valence electrons. The van der Waals surface area contributed by atoms with Crippen molar-refractivity contribution in [1.82, 2.24) is 25.0 Å². The minimum absolute atomic E-state index is 0.253. The third-order valence-electron chi connectivity index (χ3n) is 9.73. The molecular formula is C32H41F3N6O2. The molecule has 2 saturated heterocycles. The largest absolute Gasteiger partial charge is 0.433 e. The van der Waals surface area contributed by atoms with Gasteiger partial charge in [-0.05, 0) is 114 Å². The van der Waals surface area contributed by atoms with Crippen molar-refractivity contribution in [2.75, 3.05) is 38.0 Å². The van der Waals surface area contributed by atoms with Crippen molar-refractivity contribution >= 4 is 22.5 Å². The van der Waals surface area contributed by atoms with Crippen LogP contribution in [-0.2, 0) is 11.8 Å². The maximum Gasteiger partial charge on any atom is 0.433 e. The highest BCUT2D eigenvalue weighted by molar-refractivity contribution is 6.04. The molecule has 3 fully saturated rings. The summed E-state index contributed by atoms with van der Waals surface area (Å²) in [5, 5.41) is 22.6. The molecule has 0 radical (unpaired) electrons. The summed E-state index contributed by atoms with van der Waals surface area (Å²) in [5.41, 5.74) is -0.786. The number of nitrogens with zero attached hydrogens (tertiary/aromatic N) is 4. The number of aromatic nitrogens is 3. The van der Waals surface area contributed by atoms with E-state index < -0.39 is 23.4 Å². The number of nitrogens with one attached hydrogen (secondary N) is 2. The second-order valence-corrected chi connectivity index (χ2v) is 13.4. The lowest BCUT2D eigenvalue weighted by Gasteiger charge is -2.51. The fraction of sp³-hybridized carbons (Fsp3) is 0.594. The second-order valence-electron chi connectivity index (χ2n) is 13.4. The van der Waals surface area contributed by atoms with E-state index in [0.29, 0.717) is 22.2 Å². The lowest BCUT2D eigenvalue weighted by molar-refractivity contribution is -0.141. The van der Waals surface area contributed by atoms with Crippen LogP contribution in [0.25, 0.3) is 10.9 Å². The molecule has 3 aliphatic rings. The van der Waals surface area contributed by atoms with E-state index in [1.54, 1.807) is 26.0 Å². The predicted octanol–water partition coefficient (Wildman–Crippen LogP) is 5.74. The van der Waals surface area contributed by atoms with Crippen LogP contribution in [0.1, 0.15) is 86.6 Å². The lowest BCUT2D eigenvalue weighted by Crippen LogP contribution is -2.46. The van der Waals surface area contributed by atoms with E-state index in [4.69, 9.17) is 5.10 Å². The van der Waals surface area contributed by atoms with Crippen molar-refractivity contribution in [3.05, 3.63) is 53.5 Å². The first-order chi connectivity index (χ1) is 20.4. The van der Waals surface area contributed by atoms with Crippen molar-refractivity contribution in [2.45, 2.75) is 76.6 Å².